The van der Waals surface area contributed by atoms with Crippen LogP contribution in [0.5, 0.6) is 0 Å². The molecule has 3 heterocycles. The molecule has 3 aromatic heterocycles. The number of ketones is 1. The molecule has 0 radical (unpaired) electrons. The lowest BCUT2D eigenvalue weighted by atomic mass is 10.1. The fraction of sp³-hybridized carbons (Fsp3) is 0.333. The summed E-state index contributed by atoms with van der Waals surface area (Å²) in [5.41, 5.74) is 4.48. The molecule has 0 aliphatic rings. The number of nitrogens with two attached hydrogens (primary N) is 1. The lowest BCUT2D eigenvalue weighted by Crippen LogP contribution is -2.27. The first-order chi connectivity index (χ1) is 16.6. The van der Waals surface area contributed by atoms with Gasteiger partial charge in [0.05, 0.1) is 27.9 Å². The van der Waals surface area contributed by atoms with Crippen LogP contribution < -0.4 is 16.4 Å². The number of nitrogens with zero attached hydrogens (tertiary/aromatic N) is 4. The van der Waals surface area contributed by atoms with Gasteiger partial charge in [0.1, 0.15) is 22.8 Å². The highest BCUT2D eigenvalue weighted by Crippen LogP contribution is 2.34. The summed E-state index contributed by atoms with van der Waals surface area (Å²) < 4.78 is 39.1. The van der Waals surface area contributed by atoms with Crippen molar-refractivity contribution in [2.75, 3.05) is 18.4 Å². The molecular weight excluding hydrogens is 507 g/mol. The normalized spacial score (nSPS) is 12.3. The summed E-state index contributed by atoms with van der Waals surface area (Å²) in [5, 5.41) is 5.69. The van der Waals surface area contributed by atoms with Gasteiger partial charge < -0.3 is 16.4 Å². The van der Waals surface area contributed by atoms with Gasteiger partial charge in [0.15, 0.2) is 5.78 Å². The van der Waals surface area contributed by atoms with E-state index >= 15 is 0 Å². The van der Waals surface area contributed by atoms with Crippen LogP contribution in [0, 0.1) is 0 Å². The molecule has 3 aromatic rings. The maximum Gasteiger partial charge on any atom is 0.417 e. The molecule has 0 fully saturated rings. The van der Waals surface area contributed by atoms with Crippen molar-refractivity contribution in [1.29, 1.82) is 0 Å². The molecule has 4 N–H and O–H groups in total. The molecule has 0 aliphatic carbocycles. The van der Waals surface area contributed by atoms with Crippen molar-refractivity contribution < 1.29 is 22.8 Å². The van der Waals surface area contributed by atoms with Crippen LogP contribution in [0.2, 0.25) is 5.02 Å². The molecule has 186 valence electrons. The monoisotopic (exact) mass is 527 g/mol. The van der Waals surface area contributed by atoms with E-state index in [9.17, 15) is 22.8 Å². The van der Waals surface area contributed by atoms with E-state index in [0.717, 1.165) is 30.0 Å². The SMILES string of the molecule is CC(NC(=O)c1cc(NCCCN)ncn1)c1ncc(C(=O)Cc2cc(C(F)(F)F)c(Cl)cn2)s1. The van der Waals surface area contributed by atoms with Crippen molar-refractivity contribution in [3.63, 3.8) is 0 Å². The predicted octanol–water partition coefficient (Wildman–Crippen LogP) is 3.68. The standard InChI is InChI=1S/C21H21ClF3N7O2S/c1-11(32-19(34)15-7-18(31-10-30-15)27-4-2-3-26)20-29-9-17(35-20)16(33)6-12-5-13(21(23,24)25)14(22)8-28-12/h5,7-11H,2-4,6,26H2,1H3,(H,32,34)(H,27,30,31). The largest absolute Gasteiger partial charge is 0.417 e. The topological polar surface area (TPSA) is 136 Å². The first-order valence-electron chi connectivity index (χ1n) is 10.4. The highest BCUT2D eigenvalue weighted by molar-refractivity contribution is 7.13. The van der Waals surface area contributed by atoms with Gasteiger partial charge >= 0.3 is 6.18 Å². The molecule has 9 nitrogen and oxygen atoms in total. The molecule has 14 heteroatoms. The number of alkyl halides is 3. The van der Waals surface area contributed by atoms with E-state index in [0.29, 0.717) is 23.9 Å². The number of hydrogen-bond acceptors (Lipinski definition) is 9. The summed E-state index contributed by atoms with van der Waals surface area (Å²) >= 11 is 6.60. The van der Waals surface area contributed by atoms with Gasteiger partial charge in [-0.1, -0.05) is 11.6 Å². The van der Waals surface area contributed by atoms with Gasteiger partial charge in [-0.3, -0.25) is 14.6 Å². The van der Waals surface area contributed by atoms with E-state index < -0.39 is 34.5 Å². The van der Waals surface area contributed by atoms with E-state index in [1.54, 1.807) is 6.92 Å². The average Bonchev–Trinajstić information content (AvgIpc) is 3.31. The van der Waals surface area contributed by atoms with E-state index in [4.69, 9.17) is 17.3 Å². The van der Waals surface area contributed by atoms with Gasteiger partial charge in [-0.2, -0.15) is 13.2 Å². The molecule has 1 amide bonds. The molecule has 0 saturated carbocycles. The Hall–Kier alpha value is -3.16. The number of halogens is 4. The van der Waals surface area contributed by atoms with Gasteiger partial charge in [0.25, 0.3) is 5.91 Å². The van der Waals surface area contributed by atoms with E-state index in [2.05, 4.69) is 30.6 Å². The van der Waals surface area contributed by atoms with Gasteiger partial charge in [-0.15, -0.1) is 11.3 Å². The summed E-state index contributed by atoms with van der Waals surface area (Å²) in [5.74, 6) is -0.438. The Morgan fingerprint density at radius 2 is 1.94 bits per heavy atom. The Balaban J connectivity index is 1.63. The Morgan fingerprint density at radius 3 is 2.66 bits per heavy atom. The highest BCUT2D eigenvalue weighted by atomic mass is 35.5. The number of Topliss-reactive ketones (excluding diaryl/α,β-unsaturated/α-hetero) is 1. The third kappa shape index (κ3) is 7.16. The number of pyridine rings is 1. The smallest absolute Gasteiger partial charge is 0.370 e. The van der Waals surface area contributed by atoms with Crippen molar-refractivity contribution in [2.24, 2.45) is 5.73 Å². The number of nitrogens with one attached hydrogen (secondary N) is 2. The number of thiazole rings is 1. The number of amides is 1. The van der Waals surface area contributed by atoms with Crippen LogP contribution >= 0.6 is 22.9 Å². The van der Waals surface area contributed by atoms with Crippen LogP contribution in [0.1, 0.15) is 55.8 Å². The predicted molar refractivity (Wildman–Crippen MR) is 124 cm³/mol. The number of carbonyl (C=O) groups excluding carboxylic acids is 2. The zero-order valence-corrected chi connectivity index (χ0v) is 20.0. The van der Waals surface area contributed by atoms with Crippen LogP contribution in [0.3, 0.4) is 0 Å². The van der Waals surface area contributed by atoms with Crippen molar-refractivity contribution in [1.82, 2.24) is 25.3 Å². The zero-order valence-electron chi connectivity index (χ0n) is 18.4. The lowest BCUT2D eigenvalue weighted by molar-refractivity contribution is -0.137. The van der Waals surface area contributed by atoms with E-state index in [1.165, 1.54) is 18.6 Å². The van der Waals surface area contributed by atoms with Gasteiger partial charge in [0.2, 0.25) is 0 Å². The minimum atomic E-state index is -4.66. The maximum atomic E-state index is 13.0. The van der Waals surface area contributed by atoms with Crippen LogP contribution in [-0.2, 0) is 12.6 Å². The highest BCUT2D eigenvalue weighted by Gasteiger charge is 2.34. The van der Waals surface area contributed by atoms with Crippen LogP contribution in [0.15, 0.2) is 30.9 Å². The summed E-state index contributed by atoms with van der Waals surface area (Å²) in [6.07, 6.45) is -0.826. The fourth-order valence-electron chi connectivity index (χ4n) is 2.89. The lowest BCUT2D eigenvalue weighted by Gasteiger charge is -2.11. The summed E-state index contributed by atoms with van der Waals surface area (Å²) in [7, 11) is 0. The Bertz CT molecular complexity index is 1210. The zero-order chi connectivity index (χ0) is 25.6. The number of carbonyl (C=O) groups is 2. The number of rotatable bonds is 10. The molecule has 1 atom stereocenters. The van der Waals surface area contributed by atoms with E-state index in [1.807, 2.05) is 0 Å². The summed E-state index contributed by atoms with van der Waals surface area (Å²) in [6.45, 7) is 2.80. The Kier molecular flexibility index (Phi) is 8.70. The molecule has 0 bridgehead atoms. The first kappa shape index (κ1) is 26.4. The van der Waals surface area contributed by atoms with Crippen molar-refractivity contribution >= 4 is 40.4 Å². The van der Waals surface area contributed by atoms with E-state index in [-0.39, 0.29) is 22.7 Å². The minimum absolute atomic E-state index is 0.0670. The van der Waals surface area contributed by atoms with Crippen LogP contribution in [0.25, 0.3) is 0 Å². The van der Waals surface area contributed by atoms with Crippen molar-refractivity contribution in [3.05, 3.63) is 62.7 Å². The van der Waals surface area contributed by atoms with Crippen molar-refractivity contribution in [3.8, 4) is 0 Å². The maximum absolute atomic E-state index is 13.0. The summed E-state index contributed by atoms with van der Waals surface area (Å²) in [6, 6.07) is 1.71. The molecule has 3 rings (SSSR count). The average molecular weight is 528 g/mol. The first-order valence-corrected chi connectivity index (χ1v) is 11.5. The second-order valence-corrected chi connectivity index (χ2v) is 8.84. The van der Waals surface area contributed by atoms with Gasteiger partial charge in [-0.05, 0) is 26.0 Å². The van der Waals surface area contributed by atoms with Gasteiger partial charge in [-0.25, -0.2) is 15.0 Å². The number of hydrogen-bond donors (Lipinski definition) is 3. The van der Waals surface area contributed by atoms with Gasteiger partial charge in [0, 0.05) is 30.7 Å². The summed E-state index contributed by atoms with van der Waals surface area (Å²) in [4.78, 5) is 41.4. The molecule has 35 heavy (non-hydrogen) atoms. The molecular formula is C21H21ClF3N7O2S. The fourth-order valence-corrected chi connectivity index (χ4v) is 3.96. The molecule has 0 spiro atoms. The molecule has 1 unspecified atom stereocenters. The van der Waals surface area contributed by atoms with Crippen LogP contribution in [-0.4, -0.2) is 44.7 Å². The number of anilines is 1. The molecule has 0 saturated heterocycles. The molecule has 0 aliphatic heterocycles. The Labute approximate surface area is 207 Å². The Morgan fingerprint density at radius 1 is 1.17 bits per heavy atom. The third-order valence-corrected chi connectivity index (χ3v) is 6.18. The second kappa shape index (κ2) is 11.5. The van der Waals surface area contributed by atoms with Crippen molar-refractivity contribution in [2.45, 2.75) is 32.0 Å². The molecule has 0 aromatic carbocycles. The van der Waals surface area contributed by atoms with Crippen LogP contribution in [0.4, 0.5) is 19.0 Å². The third-order valence-electron chi connectivity index (χ3n) is 4.66. The quantitative estimate of drug-likeness (QED) is 0.268. The number of aromatic nitrogens is 4. The minimum Gasteiger partial charge on any atom is -0.370 e. The second-order valence-electron chi connectivity index (χ2n) is 7.37.